The zero-order valence-electron chi connectivity index (χ0n) is 64.7. The number of pyridine rings is 5. The average Bonchev–Trinajstić information content (AvgIpc) is 1.80. The van der Waals surface area contributed by atoms with Crippen LogP contribution in [0.25, 0.3) is 109 Å². The number of rotatable bonds is 10. The van der Waals surface area contributed by atoms with Crippen LogP contribution in [0.4, 0.5) is 0 Å². The number of carbonyl (C=O) groups excluding carboxylic acids is 3. The number of fused-ring (bicyclic) bond motifs is 5. The summed E-state index contributed by atoms with van der Waals surface area (Å²) in [5, 5.41) is 32.2. The fourth-order valence-electron chi connectivity index (χ4n) is 11.3. The van der Waals surface area contributed by atoms with E-state index in [0.717, 1.165) is 89.7 Å². The molecule has 0 amide bonds. The Kier molecular flexibility index (Phi) is 43.8. The number of aliphatic hydroxyl groups is 3. The number of ketones is 3. The molecule has 0 fully saturated rings. The van der Waals surface area contributed by atoms with Gasteiger partial charge >= 0.3 is 0 Å². The van der Waals surface area contributed by atoms with Gasteiger partial charge in [-0.05, 0) is 149 Å². The number of thiophene rings is 1. The zero-order valence-corrected chi connectivity index (χ0v) is 77.5. The van der Waals surface area contributed by atoms with Crippen molar-refractivity contribution in [2.45, 2.75) is 89.5 Å². The molecule has 0 spiro atoms. The second-order valence-corrected chi connectivity index (χ2v) is 27.1. The third-order valence-electron chi connectivity index (χ3n) is 15.5. The van der Waals surface area contributed by atoms with Gasteiger partial charge in [-0.2, -0.15) is 0 Å². The largest absolute Gasteiger partial charge is 0.512 e. The molecule has 0 aliphatic rings. The van der Waals surface area contributed by atoms with E-state index in [1.54, 1.807) is 11.3 Å². The molecule has 11 nitrogen and oxygen atoms in total. The maximum Gasteiger partial charge on any atom is 0.155 e. The molecule has 17 heteroatoms. The van der Waals surface area contributed by atoms with Crippen molar-refractivity contribution in [3.8, 4) is 55.6 Å². The van der Waals surface area contributed by atoms with Gasteiger partial charge < -0.3 is 25.3 Å². The SMILES string of the molecule is CC(=O)C=C(C)O.CC(=O)C=C(C)O.CC(=O)C=C(C)O.Cc1[c-]c(-c2ccc3ccc(CC(C)C)cc3n2)cc(C)c1.Cc1[c-]c(-c2ccc3ccccc3n2)cc(C)c1.[Ir].[Ir].[Ir].[Ir].[Ir].[c-]1c(-c2ccccn2)sc2ccccc12.[c-]1ccccc1-c1ccc2ccccc2n1.[c-]1ccccc1-c1nccc2ccccc12. The van der Waals surface area contributed by atoms with Crippen molar-refractivity contribution in [3.63, 3.8) is 0 Å². The van der Waals surface area contributed by atoms with Crippen molar-refractivity contribution in [1.82, 2.24) is 24.9 Å². The molecule has 0 saturated heterocycles. The number of nitrogens with zero attached hydrogens (tertiary/aromatic N) is 5. The van der Waals surface area contributed by atoms with Crippen LogP contribution in [0.3, 0.4) is 0 Å². The molecule has 9 aromatic carbocycles. The predicted octanol–water partition coefficient (Wildman–Crippen LogP) is 24.1. The van der Waals surface area contributed by atoms with Gasteiger partial charge in [-0.1, -0.05) is 175 Å². The molecule has 0 aliphatic heterocycles. The first-order valence-electron chi connectivity index (χ1n) is 35.3. The summed E-state index contributed by atoms with van der Waals surface area (Å²) < 4.78 is 1.26. The smallest absolute Gasteiger partial charge is 0.155 e. The summed E-state index contributed by atoms with van der Waals surface area (Å²) >= 11 is 1.73. The van der Waals surface area contributed by atoms with Gasteiger partial charge in [-0.3, -0.25) is 29.3 Å². The number of carbonyl (C=O) groups is 3. The maximum atomic E-state index is 10.0. The minimum Gasteiger partial charge on any atom is -0.512 e. The molecule has 589 valence electrons. The van der Waals surface area contributed by atoms with Crippen LogP contribution in [0.5, 0.6) is 0 Å². The van der Waals surface area contributed by atoms with Crippen molar-refractivity contribution in [2.24, 2.45) is 5.92 Å². The van der Waals surface area contributed by atoms with Gasteiger partial charge in [0.2, 0.25) is 0 Å². The first-order chi connectivity index (χ1) is 51.9. The number of para-hydroxylation sites is 2. The summed E-state index contributed by atoms with van der Waals surface area (Å²) in [4.78, 5) is 54.1. The topological polar surface area (TPSA) is 176 Å². The van der Waals surface area contributed by atoms with Gasteiger partial charge in [0.25, 0.3) is 0 Å². The first-order valence-corrected chi connectivity index (χ1v) is 36.1. The van der Waals surface area contributed by atoms with E-state index in [2.05, 4.69) is 202 Å². The van der Waals surface area contributed by atoms with E-state index in [1.807, 2.05) is 146 Å². The summed E-state index contributed by atoms with van der Waals surface area (Å²) in [6.07, 6.45) is 8.25. The summed E-state index contributed by atoms with van der Waals surface area (Å²) in [6, 6.07) is 101. The van der Waals surface area contributed by atoms with Gasteiger partial charge in [-0.15, -0.1) is 165 Å². The number of aryl methyl sites for hydroxylation is 4. The van der Waals surface area contributed by atoms with Gasteiger partial charge in [-0.25, -0.2) is 11.3 Å². The van der Waals surface area contributed by atoms with E-state index in [4.69, 9.17) is 25.3 Å². The van der Waals surface area contributed by atoms with Crippen molar-refractivity contribution < 1.29 is 130 Å². The molecule has 6 heterocycles. The first kappa shape index (κ1) is 97.8. The average molecular weight is 2400 g/mol. The van der Waals surface area contributed by atoms with Gasteiger partial charge in [0.1, 0.15) is 0 Å². The van der Waals surface area contributed by atoms with Crippen molar-refractivity contribution in [3.05, 3.63) is 355 Å². The molecule has 15 rings (SSSR count). The Balaban J connectivity index is 0.000000342. The second-order valence-electron chi connectivity index (χ2n) is 26.0. The van der Waals surface area contributed by atoms with Crippen LogP contribution < -0.4 is 0 Å². The van der Waals surface area contributed by atoms with Crippen LogP contribution in [0.15, 0.2) is 297 Å². The minimum atomic E-state index is -0.125. The second kappa shape index (κ2) is 50.7. The van der Waals surface area contributed by atoms with E-state index in [0.29, 0.717) is 5.92 Å². The molecule has 0 bridgehead atoms. The van der Waals surface area contributed by atoms with Crippen LogP contribution in [-0.2, 0) is 121 Å². The van der Waals surface area contributed by atoms with Gasteiger partial charge in [0.05, 0.1) is 33.8 Å². The van der Waals surface area contributed by atoms with Gasteiger partial charge in [0.15, 0.2) is 17.3 Å². The van der Waals surface area contributed by atoms with Gasteiger partial charge in [0, 0.05) is 137 Å². The quantitative estimate of drug-likeness (QED) is 0.0675. The van der Waals surface area contributed by atoms with Crippen LogP contribution in [0.2, 0.25) is 0 Å². The number of aromatic nitrogens is 5. The predicted molar refractivity (Wildman–Crippen MR) is 447 cm³/mol. The monoisotopic (exact) mass is 2400 g/mol. The zero-order chi connectivity index (χ0) is 77.5. The Morgan fingerprint density at radius 2 is 0.832 bits per heavy atom. The molecule has 0 atom stereocenters. The molecule has 0 aliphatic carbocycles. The molecule has 0 saturated carbocycles. The van der Waals surface area contributed by atoms with E-state index in [1.165, 1.54) is 113 Å². The molecular weight excluding hydrogens is 2310 g/mol. The maximum absolute atomic E-state index is 10.0. The molecule has 3 N–H and O–H groups in total. The minimum absolute atomic E-state index is 0. The van der Waals surface area contributed by atoms with Crippen LogP contribution in [0, 0.1) is 63.9 Å². The van der Waals surface area contributed by atoms with E-state index in [-0.39, 0.29) is 135 Å². The van der Waals surface area contributed by atoms with E-state index in [9.17, 15) is 14.4 Å². The number of hydrogen-bond acceptors (Lipinski definition) is 12. The third kappa shape index (κ3) is 33.3. The number of aliphatic hydroxyl groups excluding tert-OH is 3. The summed E-state index contributed by atoms with van der Waals surface area (Å²) in [5.74, 6) is 0.473. The molecule has 0 unspecified atom stereocenters. The van der Waals surface area contributed by atoms with E-state index < -0.39 is 0 Å². The Bertz CT molecular complexity index is 5440. The summed E-state index contributed by atoms with van der Waals surface area (Å²) in [7, 11) is 0. The molecule has 6 aromatic heterocycles. The Labute approximate surface area is 736 Å². The Morgan fingerprint density at radius 1 is 0.398 bits per heavy atom. The molecule has 113 heavy (non-hydrogen) atoms. The van der Waals surface area contributed by atoms with Crippen molar-refractivity contribution >= 4 is 82.3 Å². The normalized spacial score (nSPS) is 10.4. The summed E-state index contributed by atoms with van der Waals surface area (Å²) in [6.45, 7) is 21.4. The number of hydrogen-bond donors (Lipinski definition) is 3. The molecule has 15 aromatic rings. The standard InChI is InChI=1S/C21H22N.C17H14N.2C15H10N.C13H8NS.3C5H8O2.5Ir/c1-14(2)9-17-5-6-18-7-8-20(22-21(18)13-17)19-11-15(3)10-16(4)12-19;1-12-9-13(2)11-15(10-12)17-8-7-14-5-3-4-6-16(14)18-17;1-2-7-13(8-3-1)15-14-9-5-4-6-12(14)10-11-16-15;1-2-6-12(7-3-1)15-11-10-13-8-4-5-9-14(13)16-15;1-2-7-12-10(5-1)9-13(15-12)11-6-3-4-8-14-11;3*1-4(6)3-5(2)7;;;;;/h5-8,10-11,13-14H,9H2,1-4H3;3-10H,1-2H3;1-7,9-11H;1-6,8-11H;1-8H;3*3,6H,1-2H3;;;;;/q5*-1;;;;;;;;. The number of benzene rings is 9. The number of allylic oxidation sites excluding steroid dienone is 6. The van der Waals surface area contributed by atoms with Crippen molar-refractivity contribution in [2.75, 3.05) is 0 Å². The van der Waals surface area contributed by atoms with Crippen molar-refractivity contribution in [1.29, 1.82) is 0 Å². The fraction of sp³-hybridized carbons (Fsp3) is 0.146. The van der Waals surface area contributed by atoms with Crippen LogP contribution >= 0.6 is 11.3 Å². The third-order valence-corrected chi connectivity index (χ3v) is 16.6. The Hall–Kier alpha value is -9.39. The summed E-state index contributed by atoms with van der Waals surface area (Å²) in [5.41, 5.74) is 18.5. The van der Waals surface area contributed by atoms with Crippen LogP contribution in [-0.4, -0.2) is 57.6 Å². The van der Waals surface area contributed by atoms with E-state index >= 15 is 0 Å². The molecular formula is C96H88Ir5N5O6S-5. The van der Waals surface area contributed by atoms with Crippen LogP contribution in [0.1, 0.15) is 83.2 Å². The fourth-order valence-corrected chi connectivity index (χ4v) is 12.2. The molecule has 5 radical (unpaired) electrons. The Morgan fingerprint density at radius 3 is 1.28 bits per heavy atom.